The molecule has 0 amide bonds. The SMILES string of the molecule is C=C[CH]/C(=C\C=C(\C(C)C1CC1)C1(C=CC(C)(C)F)[CH]/C1=C/C=C)C1CC(CC(=C)CCCCC)C1. The molecule has 3 aliphatic rings. The highest BCUT2D eigenvalue weighted by atomic mass is 19.1. The van der Waals surface area contributed by atoms with Crippen LogP contribution < -0.4 is 0 Å². The van der Waals surface area contributed by atoms with E-state index in [0.29, 0.717) is 11.8 Å². The molecule has 36 heavy (non-hydrogen) atoms. The fraction of sp³-hybridized carbons (Fsp3) is 0.543. The summed E-state index contributed by atoms with van der Waals surface area (Å²) in [6, 6.07) is 0. The first kappa shape index (κ1) is 28.7. The Bertz CT molecular complexity index is 907. The molecule has 2 unspecified atom stereocenters. The van der Waals surface area contributed by atoms with Crippen molar-refractivity contribution in [2.45, 2.75) is 91.2 Å². The standard InChI is InChI=1S/C35H49F/c1-8-11-12-15-26(4)22-28-23-31(24-28)30(13-9-2)18-19-33(27(5)29-16-17-29)35(21-20-34(6,7)36)25-32(35)14-10-3/h9-10,13-14,18-21,25,27-29,31H,2-4,8,11-12,15-17,22-24H2,1,5-7H3/b21-20?,30-18+,32-14-,33-19-. The van der Waals surface area contributed by atoms with Crippen LogP contribution in [0, 0.1) is 41.9 Å². The summed E-state index contributed by atoms with van der Waals surface area (Å²) in [5, 5.41) is 0. The van der Waals surface area contributed by atoms with Gasteiger partial charge in [0.05, 0.1) is 0 Å². The number of alkyl halides is 1. The van der Waals surface area contributed by atoms with Crippen LogP contribution in [0.4, 0.5) is 4.39 Å². The van der Waals surface area contributed by atoms with Crippen LogP contribution >= 0.6 is 0 Å². The lowest BCUT2D eigenvalue weighted by atomic mass is 9.68. The molecule has 3 rings (SSSR count). The molecule has 0 nitrogen and oxygen atoms in total. The third kappa shape index (κ3) is 7.80. The summed E-state index contributed by atoms with van der Waals surface area (Å²) in [6.07, 6.45) is 30.1. The van der Waals surface area contributed by atoms with Crippen molar-refractivity contribution in [3.63, 3.8) is 0 Å². The van der Waals surface area contributed by atoms with Gasteiger partial charge in [0.2, 0.25) is 0 Å². The second-order valence-corrected chi connectivity index (χ2v) is 12.0. The molecule has 0 spiro atoms. The van der Waals surface area contributed by atoms with Crippen LogP contribution in [0.5, 0.6) is 0 Å². The van der Waals surface area contributed by atoms with Crippen LogP contribution in [0.2, 0.25) is 0 Å². The lowest BCUT2D eigenvalue weighted by Crippen LogP contribution is -2.25. The predicted octanol–water partition coefficient (Wildman–Crippen LogP) is 10.4. The van der Waals surface area contributed by atoms with E-state index in [1.54, 1.807) is 19.9 Å². The van der Waals surface area contributed by atoms with Gasteiger partial charge in [0.1, 0.15) is 5.67 Å². The first-order valence-electron chi connectivity index (χ1n) is 14.3. The molecule has 1 heteroatoms. The van der Waals surface area contributed by atoms with Gasteiger partial charge in [-0.2, -0.15) is 0 Å². The zero-order chi connectivity index (χ0) is 26.3. The van der Waals surface area contributed by atoms with Crippen molar-refractivity contribution in [2.24, 2.45) is 29.1 Å². The molecule has 0 N–H and O–H groups in total. The minimum Gasteiger partial charge on any atom is -0.240 e. The molecule has 3 aliphatic carbocycles. The van der Waals surface area contributed by atoms with Crippen LogP contribution in [0.3, 0.4) is 0 Å². The molecule has 0 aromatic carbocycles. The Hall–Kier alpha value is -1.89. The Morgan fingerprint density at radius 3 is 2.47 bits per heavy atom. The minimum atomic E-state index is -1.34. The number of hydrogen-bond donors (Lipinski definition) is 0. The van der Waals surface area contributed by atoms with E-state index in [0.717, 1.165) is 11.8 Å². The van der Waals surface area contributed by atoms with Crippen LogP contribution in [0.1, 0.15) is 85.5 Å². The minimum absolute atomic E-state index is 0.284. The average molecular weight is 489 g/mol. The van der Waals surface area contributed by atoms with Gasteiger partial charge in [0, 0.05) is 18.3 Å². The maximum absolute atomic E-state index is 14.5. The summed E-state index contributed by atoms with van der Waals surface area (Å²) in [5.74, 6) is 2.55. The summed E-state index contributed by atoms with van der Waals surface area (Å²) in [7, 11) is 0. The van der Waals surface area contributed by atoms with E-state index in [4.69, 9.17) is 0 Å². The Morgan fingerprint density at radius 2 is 1.89 bits per heavy atom. The van der Waals surface area contributed by atoms with Crippen molar-refractivity contribution >= 4 is 0 Å². The fourth-order valence-electron chi connectivity index (χ4n) is 5.82. The van der Waals surface area contributed by atoms with E-state index in [9.17, 15) is 4.39 Å². The monoisotopic (exact) mass is 488 g/mol. The van der Waals surface area contributed by atoms with E-state index in [1.165, 1.54) is 80.1 Å². The number of hydrogen-bond acceptors (Lipinski definition) is 0. The summed E-state index contributed by atoms with van der Waals surface area (Å²) in [5.41, 5.74) is 3.79. The van der Waals surface area contributed by atoms with Crippen molar-refractivity contribution in [2.75, 3.05) is 0 Å². The zero-order valence-corrected chi connectivity index (χ0v) is 23.4. The molecule has 0 aromatic rings. The average Bonchev–Trinajstić information content (AvgIpc) is 3.70. The third-order valence-electron chi connectivity index (χ3n) is 8.30. The third-order valence-corrected chi connectivity index (χ3v) is 8.30. The maximum Gasteiger partial charge on any atom is 0.123 e. The number of halogens is 1. The van der Waals surface area contributed by atoms with Gasteiger partial charge in [-0.3, -0.25) is 0 Å². The summed E-state index contributed by atoms with van der Waals surface area (Å²) in [6.45, 7) is 20.1. The molecule has 3 saturated carbocycles. The highest BCUT2D eigenvalue weighted by molar-refractivity contribution is 5.63. The van der Waals surface area contributed by atoms with Gasteiger partial charge >= 0.3 is 0 Å². The van der Waals surface area contributed by atoms with Gasteiger partial charge in [-0.05, 0) is 82.5 Å². The van der Waals surface area contributed by atoms with Gasteiger partial charge in [-0.25, -0.2) is 4.39 Å². The largest absolute Gasteiger partial charge is 0.240 e. The second-order valence-electron chi connectivity index (χ2n) is 12.0. The van der Waals surface area contributed by atoms with Crippen molar-refractivity contribution < 1.29 is 4.39 Å². The normalized spacial score (nSPS) is 28.8. The van der Waals surface area contributed by atoms with Crippen molar-refractivity contribution in [3.05, 3.63) is 97.4 Å². The predicted molar refractivity (Wildman–Crippen MR) is 156 cm³/mol. The molecule has 0 aliphatic heterocycles. The van der Waals surface area contributed by atoms with E-state index in [1.807, 2.05) is 12.2 Å². The van der Waals surface area contributed by atoms with E-state index in [-0.39, 0.29) is 5.41 Å². The summed E-state index contributed by atoms with van der Waals surface area (Å²) >= 11 is 0. The molecular formula is C35H49F. The quantitative estimate of drug-likeness (QED) is 0.115. The van der Waals surface area contributed by atoms with Gasteiger partial charge in [0.25, 0.3) is 0 Å². The second kappa shape index (κ2) is 12.6. The van der Waals surface area contributed by atoms with Crippen LogP contribution in [-0.2, 0) is 0 Å². The zero-order valence-electron chi connectivity index (χ0n) is 23.4. The van der Waals surface area contributed by atoms with Crippen LogP contribution in [-0.4, -0.2) is 5.67 Å². The van der Waals surface area contributed by atoms with Gasteiger partial charge < -0.3 is 0 Å². The molecule has 3 fully saturated rings. The number of unbranched alkanes of at least 4 members (excludes halogenated alkanes) is 2. The summed E-state index contributed by atoms with van der Waals surface area (Å²) < 4.78 is 14.5. The Balaban J connectivity index is 1.79. The molecule has 2 atom stereocenters. The molecule has 0 saturated heterocycles. The van der Waals surface area contributed by atoms with Crippen LogP contribution in [0.15, 0.2) is 84.6 Å². The highest BCUT2D eigenvalue weighted by Crippen LogP contribution is 2.62. The van der Waals surface area contributed by atoms with Gasteiger partial charge in [0.15, 0.2) is 0 Å². The Labute approximate surface area is 221 Å². The van der Waals surface area contributed by atoms with Crippen molar-refractivity contribution in [1.29, 1.82) is 0 Å². The molecule has 0 aromatic heterocycles. The first-order valence-corrected chi connectivity index (χ1v) is 14.3. The number of allylic oxidation sites excluding steroid dienone is 11. The van der Waals surface area contributed by atoms with Gasteiger partial charge in [-0.1, -0.05) is 105 Å². The number of rotatable bonds is 16. The maximum atomic E-state index is 14.5. The topological polar surface area (TPSA) is 0 Å². The molecule has 2 radical (unpaired) electrons. The van der Waals surface area contributed by atoms with Crippen molar-refractivity contribution in [1.82, 2.24) is 0 Å². The Morgan fingerprint density at radius 1 is 1.17 bits per heavy atom. The van der Waals surface area contributed by atoms with Crippen molar-refractivity contribution in [3.8, 4) is 0 Å². The van der Waals surface area contributed by atoms with Crippen LogP contribution in [0.25, 0.3) is 0 Å². The van der Waals surface area contributed by atoms with E-state index in [2.05, 4.69) is 70.7 Å². The molecule has 0 heterocycles. The highest BCUT2D eigenvalue weighted by Gasteiger charge is 2.52. The lowest BCUT2D eigenvalue weighted by molar-refractivity contribution is 0.227. The van der Waals surface area contributed by atoms with Gasteiger partial charge in [-0.15, -0.1) is 6.58 Å². The summed E-state index contributed by atoms with van der Waals surface area (Å²) in [4.78, 5) is 0. The lowest BCUT2D eigenvalue weighted by Gasteiger charge is -2.37. The Kier molecular flexibility index (Phi) is 10.0. The first-order chi connectivity index (χ1) is 17.1. The smallest absolute Gasteiger partial charge is 0.123 e. The van der Waals surface area contributed by atoms with E-state index < -0.39 is 5.67 Å². The van der Waals surface area contributed by atoms with E-state index >= 15 is 0 Å². The molecule has 0 bridgehead atoms. The molecule has 196 valence electrons. The molecular weight excluding hydrogens is 439 g/mol. The fourth-order valence-corrected chi connectivity index (χ4v) is 5.82.